The Morgan fingerprint density at radius 2 is 2.17 bits per heavy atom. The number of hydrogen-bond donors (Lipinski definition) is 2. The lowest BCUT2D eigenvalue weighted by Crippen LogP contribution is -2.31. The van der Waals surface area contributed by atoms with Crippen molar-refractivity contribution in [2.24, 2.45) is 0 Å². The lowest BCUT2D eigenvalue weighted by atomic mass is 10.1. The standard InChI is InChI=1S/C19H22N6O3S/c1-4-12-10(2)20-16-8-13(23-25(16)17(12)27)15-6-5-7-24(15)18(28)14-9-29-19(22-14)21-11(3)26/h8-9,15,23H,4-7H2,1-3H3,(H,21,22,26). The van der Waals surface area contributed by atoms with Crippen molar-refractivity contribution in [3.63, 3.8) is 0 Å². The van der Waals surface area contributed by atoms with Crippen LogP contribution in [-0.4, -0.2) is 42.8 Å². The Morgan fingerprint density at radius 1 is 1.38 bits per heavy atom. The van der Waals surface area contributed by atoms with Crippen molar-refractivity contribution in [1.82, 2.24) is 24.5 Å². The van der Waals surface area contributed by atoms with Gasteiger partial charge in [0.25, 0.3) is 11.5 Å². The zero-order valence-corrected chi connectivity index (χ0v) is 17.3. The summed E-state index contributed by atoms with van der Waals surface area (Å²) in [5, 5.41) is 7.80. The number of nitrogens with zero attached hydrogens (tertiary/aromatic N) is 4. The molecule has 1 fully saturated rings. The molecule has 1 aliphatic heterocycles. The number of carbonyl (C=O) groups is 2. The van der Waals surface area contributed by atoms with Crippen LogP contribution in [0.2, 0.25) is 0 Å². The number of fused-ring (bicyclic) bond motifs is 1. The third kappa shape index (κ3) is 3.44. The van der Waals surface area contributed by atoms with Gasteiger partial charge in [-0.1, -0.05) is 6.92 Å². The lowest BCUT2D eigenvalue weighted by Gasteiger charge is -2.22. The quantitative estimate of drug-likeness (QED) is 0.680. The SMILES string of the molecule is CCc1c(C)nc2cc(C3CCCN3C(=O)c3csc(NC(C)=O)n3)[nH]n2c1=O. The fraction of sp³-hybridized carbons (Fsp3) is 0.421. The third-order valence-electron chi connectivity index (χ3n) is 5.17. The molecule has 152 valence electrons. The van der Waals surface area contributed by atoms with E-state index in [-0.39, 0.29) is 23.4 Å². The van der Waals surface area contributed by atoms with Gasteiger partial charge in [-0.25, -0.2) is 14.5 Å². The molecule has 1 aliphatic rings. The van der Waals surface area contributed by atoms with Crippen molar-refractivity contribution < 1.29 is 9.59 Å². The van der Waals surface area contributed by atoms with Gasteiger partial charge >= 0.3 is 0 Å². The van der Waals surface area contributed by atoms with Crippen LogP contribution >= 0.6 is 11.3 Å². The molecular weight excluding hydrogens is 392 g/mol. The van der Waals surface area contributed by atoms with E-state index in [1.165, 1.54) is 22.8 Å². The molecule has 0 aromatic carbocycles. The molecule has 9 nitrogen and oxygen atoms in total. The summed E-state index contributed by atoms with van der Waals surface area (Å²) in [6.07, 6.45) is 2.26. The highest BCUT2D eigenvalue weighted by atomic mass is 32.1. The average Bonchev–Trinajstić information content (AvgIpc) is 3.39. The molecule has 0 radical (unpaired) electrons. The van der Waals surface area contributed by atoms with E-state index < -0.39 is 0 Å². The summed E-state index contributed by atoms with van der Waals surface area (Å²) in [4.78, 5) is 47.4. The number of aromatic amines is 1. The molecular formula is C19H22N6O3S. The van der Waals surface area contributed by atoms with Gasteiger partial charge in [0.15, 0.2) is 10.8 Å². The number of carbonyl (C=O) groups excluding carboxylic acids is 2. The largest absolute Gasteiger partial charge is 0.329 e. The predicted octanol–water partition coefficient (Wildman–Crippen LogP) is 2.29. The van der Waals surface area contributed by atoms with Crippen LogP contribution in [0.3, 0.4) is 0 Å². The maximum atomic E-state index is 13.0. The number of aryl methyl sites for hydroxylation is 1. The normalized spacial score (nSPS) is 16.5. The minimum Gasteiger partial charge on any atom is -0.329 e. The Kier molecular flexibility index (Phi) is 4.95. The van der Waals surface area contributed by atoms with Gasteiger partial charge in [0.05, 0.1) is 11.7 Å². The van der Waals surface area contributed by atoms with E-state index in [9.17, 15) is 14.4 Å². The fourth-order valence-electron chi connectivity index (χ4n) is 3.83. The van der Waals surface area contributed by atoms with Crippen molar-refractivity contribution in [2.45, 2.75) is 46.1 Å². The fourth-order valence-corrected chi connectivity index (χ4v) is 4.56. The average molecular weight is 414 g/mol. The van der Waals surface area contributed by atoms with Gasteiger partial charge in [0.2, 0.25) is 5.91 Å². The maximum absolute atomic E-state index is 13.0. The van der Waals surface area contributed by atoms with Crippen LogP contribution in [0.15, 0.2) is 16.2 Å². The zero-order chi connectivity index (χ0) is 20.7. The number of amides is 2. The Bertz CT molecular complexity index is 1160. The molecule has 29 heavy (non-hydrogen) atoms. The number of H-pyrrole nitrogens is 1. The van der Waals surface area contributed by atoms with Crippen LogP contribution in [0, 0.1) is 6.92 Å². The number of thiazole rings is 1. The first-order valence-electron chi connectivity index (χ1n) is 9.54. The molecule has 0 aliphatic carbocycles. The van der Waals surface area contributed by atoms with Gasteiger partial charge in [0.1, 0.15) is 5.69 Å². The topological polar surface area (TPSA) is 112 Å². The summed E-state index contributed by atoms with van der Waals surface area (Å²) in [5.41, 5.74) is 2.96. The molecule has 3 aromatic rings. The predicted molar refractivity (Wildman–Crippen MR) is 109 cm³/mol. The second-order valence-electron chi connectivity index (χ2n) is 7.12. The van der Waals surface area contributed by atoms with E-state index in [4.69, 9.17) is 0 Å². The second kappa shape index (κ2) is 7.43. The number of rotatable bonds is 4. The summed E-state index contributed by atoms with van der Waals surface area (Å²) < 4.78 is 1.46. The van der Waals surface area contributed by atoms with Crippen molar-refractivity contribution >= 4 is 33.9 Å². The highest BCUT2D eigenvalue weighted by molar-refractivity contribution is 7.14. The second-order valence-corrected chi connectivity index (χ2v) is 7.97. The molecule has 0 saturated carbocycles. The highest BCUT2D eigenvalue weighted by Gasteiger charge is 2.33. The highest BCUT2D eigenvalue weighted by Crippen LogP contribution is 2.33. The van der Waals surface area contributed by atoms with Gasteiger partial charge in [0, 0.05) is 36.2 Å². The smallest absolute Gasteiger partial charge is 0.276 e. The number of aromatic nitrogens is 4. The minimum atomic E-state index is -0.227. The number of nitrogens with one attached hydrogen (secondary N) is 2. The molecule has 2 amide bonds. The molecule has 4 rings (SSSR count). The van der Waals surface area contributed by atoms with Crippen LogP contribution in [0.25, 0.3) is 5.65 Å². The van der Waals surface area contributed by atoms with Crippen molar-refractivity contribution in [2.75, 3.05) is 11.9 Å². The van der Waals surface area contributed by atoms with Crippen LogP contribution in [0.1, 0.15) is 60.2 Å². The van der Waals surface area contributed by atoms with E-state index >= 15 is 0 Å². The molecule has 3 aromatic heterocycles. The summed E-state index contributed by atoms with van der Waals surface area (Å²) in [6.45, 7) is 5.78. The minimum absolute atomic E-state index is 0.100. The Labute approximate surface area is 170 Å². The number of hydrogen-bond acceptors (Lipinski definition) is 6. The van der Waals surface area contributed by atoms with E-state index in [2.05, 4.69) is 20.4 Å². The molecule has 1 atom stereocenters. The van der Waals surface area contributed by atoms with Gasteiger partial charge < -0.3 is 10.2 Å². The zero-order valence-electron chi connectivity index (χ0n) is 16.5. The van der Waals surface area contributed by atoms with Crippen LogP contribution < -0.4 is 10.9 Å². The number of likely N-dealkylation sites (tertiary alicyclic amines) is 1. The van der Waals surface area contributed by atoms with Crippen LogP contribution in [0.4, 0.5) is 5.13 Å². The summed E-state index contributed by atoms with van der Waals surface area (Å²) in [6, 6.07) is 1.66. The lowest BCUT2D eigenvalue weighted by molar-refractivity contribution is -0.114. The van der Waals surface area contributed by atoms with Gasteiger partial charge in [-0.3, -0.25) is 19.5 Å². The van der Waals surface area contributed by atoms with Crippen molar-refractivity contribution in [1.29, 1.82) is 0 Å². The first-order valence-corrected chi connectivity index (χ1v) is 10.4. The third-order valence-corrected chi connectivity index (χ3v) is 5.93. The van der Waals surface area contributed by atoms with E-state index in [1.54, 1.807) is 10.3 Å². The van der Waals surface area contributed by atoms with E-state index in [0.717, 1.165) is 24.2 Å². The first kappa shape index (κ1) is 19.3. The molecule has 10 heteroatoms. The van der Waals surface area contributed by atoms with E-state index in [1.807, 2.05) is 19.9 Å². The molecule has 2 N–H and O–H groups in total. The molecule has 1 unspecified atom stereocenters. The van der Waals surface area contributed by atoms with Gasteiger partial charge in [-0.2, -0.15) is 0 Å². The van der Waals surface area contributed by atoms with Gasteiger partial charge in [-0.05, 0) is 26.2 Å². The molecule has 0 bridgehead atoms. The summed E-state index contributed by atoms with van der Waals surface area (Å²) in [5.74, 6) is -0.417. The molecule has 1 saturated heterocycles. The van der Waals surface area contributed by atoms with Crippen molar-refractivity contribution in [3.8, 4) is 0 Å². The summed E-state index contributed by atoms with van der Waals surface area (Å²) in [7, 11) is 0. The van der Waals surface area contributed by atoms with Gasteiger partial charge in [-0.15, -0.1) is 11.3 Å². The Hall–Kier alpha value is -3.01. The summed E-state index contributed by atoms with van der Waals surface area (Å²) >= 11 is 1.22. The Balaban J connectivity index is 1.65. The molecule has 0 spiro atoms. The van der Waals surface area contributed by atoms with Crippen LogP contribution in [-0.2, 0) is 11.2 Å². The molecule has 4 heterocycles. The number of anilines is 1. The Morgan fingerprint density at radius 3 is 2.90 bits per heavy atom. The monoisotopic (exact) mass is 414 g/mol. The van der Waals surface area contributed by atoms with E-state index in [0.29, 0.717) is 35.0 Å². The van der Waals surface area contributed by atoms with Crippen molar-refractivity contribution in [3.05, 3.63) is 44.4 Å². The van der Waals surface area contributed by atoms with Crippen LogP contribution in [0.5, 0.6) is 0 Å². The first-order chi connectivity index (χ1) is 13.9. The maximum Gasteiger partial charge on any atom is 0.276 e.